The lowest BCUT2D eigenvalue weighted by Gasteiger charge is -2.05. The van der Waals surface area contributed by atoms with Gasteiger partial charge in [-0.25, -0.2) is 4.79 Å². The van der Waals surface area contributed by atoms with Gasteiger partial charge in [-0.2, -0.15) is 0 Å². The molecule has 2 aromatic heterocycles. The number of hydrogen-bond donors (Lipinski definition) is 1. The van der Waals surface area contributed by atoms with Gasteiger partial charge in [-0.1, -0.05) is 16.8 Å². The Kier molecular flexibility index (Phi) is 5.02. The molecule has 0 bridgehead atoms. The number of primary amides is 1. The molecular formula is C16H13ClN2O4S. The van der Waals surface area contributed by atoms with Gasteiger partial charge < -0.3 is 19.7 Å². The predicted octanol–water partition coefficient (Wildman–Crippen LogP) is 4.23. The van der Waals surface area contributed by atoms with E-state index in [0.717, 1.165) is 20.5 Å². The largest absolute Gasteiger partial charge is 0.488 e. The molecule has 0 spiro atoms. The summed E-state index contributed by atoms with van der Waals surface area (Å²) in [5, 5.41) is 3.93. The fourth-order valence-corrected chi connectivity index (χ4v) is 2.97. The van der Waals surface area contributed by atoms with E-state index in [4.69, 9.17) is 26.6 Å². The Hall–Kier alpha value is -2.51. The lowest BCUT2D eigenvalue weighted by atomic mass is 10.1. The van der Waals surface area contributed by atoms with Gasteiger partial charge in [-0.15, -0.1) is 11.3 Å². The van der Waals surface area contributed by atoms with Gasteiger partial charge in [0.1, 0.15) is 18.1 Å². The molecule has 0 aliphatic heterocycles. The second-order valence-corrected chi connectivity index (χ2v) is 6.60. The SMILES string of the molecule is NC(=O)OCc1cc(-c2ccc(OCc3ccc(Cl)s3)cc2)no1. The molecule has 1 amide bonds. The van der Waals surface area contributed by atoms with E-state index < -0.39 is 6.09 Å². The third kappa shape index (κ3) is 4.27. The maximum absolute atomic E-state index is 10.6. The molecule has 0 unspecified atom stereocenters. The van der Waals surface area contributed by atoms with Gasteiger partial charge in [0.15, 0.2) is 12.4 Å². The normalized spacial score (nSPS) is 10.5. The maximum Gasteiger partial charge on any atom is 0.404 e. The Morgan fingerprint density at radius 1 is 1.21 bits per heavy atom. The minimum Gasteiger partial charge on any atom is -0.488 e. The molecule has 2 N–H and O–H groups in total. The van der Waals surface area contributed by atoms with Gasteiger partial charge in [-0.3, -0.25) is 0 Å². The lowest BCUT2D eigenvalue weighted by molar-refractivity contribution is 0.137. The Morgan fingerprint density at radius 2 is 2.00 bits per heavy atom. The van der Waals surface area contributed by atoms with E-state index in [9.17, 15) is 4.79 Å². The molecule has 3 rings (SSSR count). The molecule has 0 aliphatic carbocycles. The molecule has 3 aromatic rings. The van der Waals surface area contributed by atoms with Gasteiger partial charge in [0.25, 0.3) is 0 Å². The molecular weight excluding hydrogens is 352 g/mol. The van der Waals surface area contributed by atoms with Crippen molar-refractivity contribution in [1.82, 2.24) is 5.16 Å². The molecule has 24 heavy (non-hydrogen) atoms. The number of aromatic nitrogens is 1. The van der Waals surface area contributed by atoms with E-state index in [2.05, 4.69) is 9.89 Å². The Balaban J connectivity index is 1.60. The third-order valence-corrected chi connectivity index (χ3v) is 4.28. The second-order valence-electron chi connectivity index (χ2n) is 4.81. The van der Waals surface area contributed by atoms with Crippen LogP contribution in [0.3, 0.4) is 0 Å². The van der Waals surface area contributed by atoms with Gasteiger partial charge >= 0.3 is 6.09 Å². The lowest BCUT2D eigenvalue weighted by Crippen LogP contribution is -2.12. The van der Waals surface area contributed by atoms with Crippen molar-refractivity contribution < 1.29 is 18.8 Å². The maximum atomic E-state index is 10.6. The highest BCUT2D eigenvalue weighted by atomic mass is 35.5. The van der Waals surface area contributed by atoms with Crippen LogP contribution in [-0.2, 0) is 18.0 Å². The fourth-order valence-electron chi connectivity index (χ4n) is 1.97. The van der Waals surface area contributed by atoms with Crippen LogP contribution in [0.5, 0.6) is 5.75 Å². The van der Waals surface area contributed by atoms with Crippen LogP contribution in [0.1, 0.15) is 10.6 Å². The van der Waals surface area contributed by atoms with Crippen LogP contribution in [0.25, 0.3) is 11.3 Å². The van der Waals surface area contributed by atoms with Crippen LogP contribution in [0, 0.1) is 0 Å². The summed E-state index contributed by atoms with van der Waals surface area (Å²) in [6.45, 7) is 0.419. The first-order chi connectivity index (χ1) is 11.6. The number of benzene rings is 1. The van der Waals surface area contributed by atoms with E-state index in [1.54, 1.807) is 6.07 Å². The summed E-state index contributed by atoms with van der Waals surface area (Å²) in [5.74, 6) is 1.16. The van der Waals surface area contributed by atoms with Crippen molar-refractivity contribution in [1.29, 1.82) is 0 Å². The fraction of sp³-hybridized carbons (Fsp3) is 0.125. The molecule has 2 heterocycles. The summed E-state index contributed by atoms with van der Waals surface area (Å²) in [6.07, 6.45) is -0.860. The van der Waals surface area contributed by atoms with Crippen LogP contribution in [-0.4, -0.2) is 11.2 Å². The summed E-state index contributed by atoms with van der Waals surface area (Å²) in [4.78, 5) is 11.6. The molecule has 8 heteroatoms. The number of halogens is 1. The van der Waals surface area contributed by atoms with Crippen molar-refractivity contribution >= 4 is 29.0 Å². The van der Waals surface area contributed by atoms with E-state index in [-0.39, 0.29) is 6.61 Å². The van der Waals surface area contributed by atoms with Crippen LogP contribution in [0.2, 0.25) is 4.34 Å². The molecule has 0 saturated carbocycles. The molecule has 0 radical (unpaired) electrons. The van der Waals surface area contributed by atoms with E-state index in [0.29, 0.717) is 18.1 Å². The predicted molar refractivity (Wildman–Crippen MR) is 90.0 cm³/mol. The quantitative estimate of drug-likeness (QED) is 0.707. The summed E-state index contributed by atoms with van der Waals surface area (Å²) in [7, 11) is 0. The second kappa shape index (κ2) is 7.37. The van der Waals surface area contributed by atoms with E-state index >= 15 is 0 Å². The topological polar surface area (TPSA) is 87.6 Å². The molecule has 0 saturated heterocycles. The number of nitrogens with two attached hydrogens (primary N) is 1. The zero-order valence-electron chi connectivity index (χ0n) is 12.4. The monoisotopic (exact) mass is 364 g/mol. The number of amides is 1. The van der Waals surface area contributed by atoms with Crippen LogP contribution >= 0.6 is 22.9 Å². The number of nitrogens with zero attached hydrogens (tertiary/aromatic N) is 1. The summed E-state index contributed by atoms with van der Waals surface area (Å²) >= 11 is 7.37. The standard InChI is InChI=1S/C16H13ClN2O4S/c17-15-6-5-13(24-15)9-21-11-3-1-10(2-4-11)14-7-12(23-19-14)8-22-16(18)20/h1-7H,8-9H2,(H2,18,20). The van der Waals surface area contributed by atoms with Crippen LogP contribution in [0.4, 0.5) is 4.79 Å². The smallest absolute Gasteiger partial charge is 0.404 e. The average Bonchev–Trinajstić information content (AvgIpc) is 3.20. The van der Waals surface area contributed by atoms with Gasteiger partial charge in [0, 0.05) is 16.5 Å². The molecule has 1 aromatic carbocycles. The van der Waals surface area contributed by atoms with Crippen LogP contribution in [0.15, 0.2) is 47.0 Å². The zero-order chi connectivity index (χ0) is 16.9. The Bertz CT molecular complexity index is 829. The molecule has 6 nitrogen and oxygen atoms in total. The first kappa shape index (κ1) is 16.4. The van der Waals surface area contributed by atoms with Crippen molar-refractivity contribution in [3.63, 3.8) is 0 Å². The van der Waals surface area contributed by atoms with E-state index in [1.165, 1.54) is 11.3 Å². The van der Waals surface area contributed by atoms with E-state index in [1.807, 2.05) is 36.4 Å². The van der Waals surface area contributed by atoms with Gasteiger partial charge in [0.2, 0.25) is 0 Å². The van der Waals surface area contributed by atoms with Crippen molar-refractivity contribution in [2.75, 3.05) is 0 Å². The molecule has 0 fully saturated rings. The highest BCUT2D eigenvalue weighted by Gasteiger charge is 2.08. The summed E-state index contributed by atoms with van der Waals surface area (Å²) < 4.78 is 16.2. The first-order valence-electron chi connectivity index (χ1n) is 6.95. The molecule has 124 valence electrons. The molecule has 0 atom stereocenters. The van der Waals surface area contributed by atoms with Crippen molar-refractivity contribution in [3.05, 3.63) is 57.4 Å². The minimum atomic E-state index is -0.860. The third-order valence-electron chi connectivity index (χ3n) is 3.08. The number of carbonyl (C=O) groups excluding carboxylic acids is 1. The Morgan fingerprint density at radius 3 is 2.67 bits per heavy atom. The van der Waals surface area contributed by atoms with Crippen molar-refractivity contribution in [2.45, 2.75) is 13.2 Å². The van der Waals surface area contributed by atoms with Gasteiger partial charge in [-0.05, 0) is 36.4 Å². The number of hydrogen-bond acceptors (Lipinski definition) is 6. The van der Waals surface area contributed by atoms with Crippen molar-refractivity contribution in [3.8, 4) is 17.0 Å². The Labute approximate surface area is 146 Å². The minimum absolute atomic E-state index is 0.0487. The number of rotatable bonds is 6. The summed E-state index contributed by atoms with van der Waals surface area (Å²) in [6, 6.07) is 12.9. The molecule has 0 aliphatic rings. The summed E-state index contributed by atoms with van der Waals surface area (Å²) in [5.41, 5.74) is 6.39. The highest BCUT2D eigenvalue weighted by molar-refractivity contribution is 7.16. The van der Waals surface area contributed by atoms with Crippen molar-refractivity contribution in [2.24, 2.45) is 5.73 Å². The first-order valence-corrected chi connectivity index (χ1v) is 8.15. The van der Waals surface area contributed by atoms with Crippen LogP contribution < -0.4 is 10.5 Å². The average molecular weight is 365 g/mol. The van der Waals surface area contributed by atoms with Gasteiger partial charge in [0.05, 0.1) is 4.34 Å². The number of ether oxygens (including phenoxy) is 2. The highest BCUT2D eigenvalue weighted by Crippen LogP contribution is 2.25. The number of carbonyl (C=O) groups is 1. The zero-order valence-corrected chi connectivity index (χ0v) is 14.0. The number of thiophene rings is 1.